The zero-order valence-corrected chi connectivity index (χ0v) is 11.4. The fourth-order valence-corrected chi connectivity index (χ4v) is 2.47. The van der Waals surface area contributed by atoms with Crippen molar-refractivity contribution in [2.24, 2.45) is 0 Å². The summed E-state index contributed by atoms with van der Waals surface area (Å²) in [4.78, 5) is 29.3. The van der Waals surface area contributed by atoms with Gasteiger partial charge in [0.25, 0.3) is 11.5 Å². The van der Waals surface area contributed by atoms with Gasteiger partial charge in [-0.05, 0) is 20.3 Å². The Bertz CT molecular complexity index is 642. The second kappa shape index (κ2) is 4.89. The highest BCUT2D eigenvalue weighted by Gasteiger charge is 2.19. The second-order valence-corrected chi connectivity index (χ2v) is 5.15. The highest BCUT2D eigenvalue weighted by molar-refractivity contribution is 7.15. The summed E-state index contributed by atoms with van der Waals surface area (Å²) in [6.07, 6.45) is 2.20. The first-order valence-electron chi connectivity index (χ1n) is 5.84. The predicted octanol–water partition coefficient (Wildman–Crippen LogP) is 1.46. The van der Waals surface area contributed by atoms with Gasteiger partial charge in [0.2, 0.25) is 0 Å². The standard InChI is InChI=1S/C12H15N3O2S/c1-4-8-9(10(16)13-7(2)3)11(17)15-5-6-18-12(15)14-8/h5-7H,4H2,1-3H3,(H,13,16). The average Bonchev–Trinajstić information content (AvgIpc) is 2.75. The van der Waals surface area contributed by atoms with Crippen molar-refractivity contribution in [2.45, 2.75) is 33.2 Å². The molecule has 2 aromatic heterocycles. The van der Waals surface area contributed by atoms with Gasteiger partial charge < -0.3 is 5.32 Å². The van der Waals surface area contributed by atoms with Crippen molar-refractivity contribution in [3.8, 4) is 0 Å². The molecule has 0 aliphatic heterocycles. The Hall–Kier alpha value is -1.69. The minimum Gasteiger partial charge on any atom is -0.350 e. The fraction of sp³-hybridized carbons (Fsp3) is 0.417. The minimum absolute atomic E-state index is 0.00946. The SMILES string of the molecule is CCc1nc2sccn2c(=O)c1C(=O)NC(C)C. The van der Waals surface area contributed by atoms with Crippen LogP contribution in [0.3, 0.4) is 0 Å². The smallest absolute Gasteiger partial charge is 0.271 e. The van der Waals surface area contributed by atoms with E-state index in [1.807, 2.05) is 20.8 Å². The molecule has 0 unspecified atom stereocenters. The van der Waals surface area contributed by atoms with Crippen molar-refractivity contribution >= 4 is 22.2 Å². The Morgan fingerprint density at radius 2 is 2.28 bits per heavy atom. The first-order valence-corrected chi connectivity index (χ1v) is 6.72. The quantitative estimate of drug-likeness (QED) is 0.913. The summed E-state index contributed by atoms with van der Waals surface area (Å²) in [6.45, 7) is 5.60. The number of hydrogen-bond acceptors (Lipinski definition) is 4. The lowest BCUT2D eigenvalue weighted by Crippen LogP contribution is -2.36. The summed E-state index contributed by atoms with van der Waals surface area (Å²) in [7, 11) is 0. The van der Waals surface area contributed by atoms with Gasteiger partial charge in [0.05, 0.1) is 5.69 Å². The molecule has 0 saturated carbocycles. The number of nitrogens with one attached hydrogen (secondary N) is 1. The summed E-state index contributed by atoms with van der Waals surface area (Å²) in [5, 5.41) is 4.53. The molecule has 96 valence electrons. The maximum Gasteiger partial charge on any atom is 0.271 e. The van der Waals surface area contributed by atoms with Crippen LogP contribution in [0.15, 0.2) is 16.4 Å². The molecule has 1 amide bonds. The lowest BCUT2D eigenvalue weighted by atomic mass is 10.1. The van der Waals surface area contributed by atoms with Crippen molar-refractivity contribution in [1.29, 1.82) is 0 Å². The molecule has 2 rings (SSSR count). The maximum atomic E-state index is 12.3. The summed E-state index contributed by atoms with van der Waals surface area (Å²) >= 11 is 1.39. The molecule has 6 heteroatoms. The molecular weight excluding hydrogens is 250 g/mol. The van der Waals surface area contributed by atoms with Gasteiger partial charge >= 0.3 is 0 Å². The number of aromatic nitrogens is 2. The van der Waals surface area contributed by atoms with Gasteiger partial charge in [-0.2, -0.15) is 0 Å². The fourth-order valence-electron chi connectivity index (χ4n) is 1.74. The van der Waals surface area contributed by atoms with Gasteiger partial charge in [0, 0.05) is 17.6 Å². The molecule has 5 nitrogen and oxygen atoms in total. The predicted molar refractivity (Wildman–Crippen MR) is 71.3 cm³/mol. The minimum atomic E-state index is -0.347. The lowest BCUT2D eigenvalue weighted by molar-refractivity contribution is 0.0940. The molecule has 0 aliphatic rings. The summed E-state index contributed by atoms with van der Waals surface area (Å²) in [5.41, 5.74) is 0.416. The number of carbonyl (C=O) groups is 1. The summed E-state index contributed by atoms with van der Waals surface area (Å²) in [6, 6.07) is -0.00946. The van der Waals surface area contributed by atoms with Gasteiger partial charge in [-0.1, -0.05) is 6.92 Å². The van der Waals surface area contributed by atoms with Crippen molar-refractivity contribution in [3.63, 3.8) is 0 Å². The van der Waals surface area contributed by atoms with Gasteiger partial charge in [-0.3, -0.25) is 14.0 Å². The number of fused-ring (bicyclic) bond motifs is 1. The number of hydrogen-bond donors (Lipinski definition) is 1. The molecule has 2 heterocycles. The number of amides is 1. The van der Waals surface area contributed by atoms with Crippen molar-refractivity contribution in [3.05, 3.63) is 33.2 Å². The van der Waals surface area contributed by atoms with E-state index in [4.69, 9.17) is 0 Å². The van der Waals surface area contributed by atoms with E-state index in [1.165, 1.54) is 15.7 Å². The molecule has 1 N–H and O–H groups in total. The van der Waals surface area contributed by atoms with E-state index in [9.17, 15) is 9.59 Å². The Balaban J connectivity index is 2.63. The molecule has 0 atom stereocenters. The van der Waals surface area contributed by atoms with Crippen LogP contribution >= 0.6 is 11.3 Å². The van der Waals surface area contributed by atoms with Crippen LogP contribution in [0, 0.1) is 0 Å². The Morgan fingerprint density at radius 1 is 1.56 bits per heavy atom. The second-order valence-electron chi connectivity index (χ2n) is 4.28. The zero-order valence-electron chi connectivity index (χ0n) is 10.6. The van der Waals surface area contributed by atoms with Crippen molar-refractivity contribution in [1.82, 2.24) is 14.7 Å². The first kappa shape index (κ1) is 12.8. The van der Waals surface area contributed by atoms with E-state index in [-0.39, 0.29) is 23.1 Å². The van der Waals surface area contributed by atoms with Crippen LogP contribution in [-0.2, 0) is 6.42 Å². The molecule has 18 heavy (non-hydrogen) atoms. The molecule has 0 aliphatic carbocycles. The number of thiazole rings is 1. The van der Waals surface area contributed by atoms with Crippen LogP contribution in [0.2, 0.25) is 0 Å². The Labute approximate surface area is 108 Å². The van der Waals surface area contributed by atoms with Gasteiger partial charge in [0.1, 0.15) is 5.56 Å². The average molecular weight is 265 g/mol. The molecule has 0 radical (unpaired) electrons. The van der Waals surface area contributed by atoms with E-state index in [1.54, 1.807) is 11.6 Å². The Morgan fingerprint density at radius 3 is 2.89 bits per heavy atom. The largest absolute Gasteiger partial charge is 0.350 e. The third-order valence-corrected chi connectivity index (χ3v) is 3.28. The number of nitrogens with zero attached hydrogens (tertiary/aromatic N) is 2. The van der Waals surface area contributed by atoms with E-state index < -0.39 is 0 Å². The zero-order chi connectivity index (χ0) is 13.3. The Kier molecular flexibility index (Phi) is 3.47. The number of aryl methyl sites for hydroxylation is 1. The summed E-state index contributed by atoms with van der Waals surface area (Å²) in [5.74, 6) is -0.347. The van der Waals surface area contributed by atoms with Crippen LogP contribution in [-0.4, -0.2) is 21.3 Å². The molecule has 0 spiro atoms. The molecule has 0 bridgehead atoms. The molecule has 0 saturated heterocycles. The summed E-state index contributed by atoms with van der Waals surface area (Å²) < 4.78 is 1.42. The van der Waals surface area contributed by atoms with E-state index in [0.717, 1.165) is 0 Å². The maximum absolute atomic E-state index is 12.3. The van der Waals surface area contributed by atoms with Gasteiger partial charge in [-0.15, -0.1) is 11.3 Å². The topological polar surface area (TPSA) is 63.5 Å². The van der Waals surface area contributed by atoms with Gasteiger partial charge in [0.15, 0.2) is 4.96 Å². The number of carbonyl (C=O) groups excluding carboxylic acids is 1. The monoisotopic (exact) mass is 265 g/mol. The molecular formula is C12H15N3O2S. The van der Waals surface area contributed by atoms with E-state index in [0.29, 0.717) is 17.1 Å². The lowest BCUT2D eigenvalue weighted by Gasteiger charge is -2.10. The third kappa shape index (κ3) is 2.15. The molecule has 0 aromatic carbocycles. The number of rotatable bonds is 3. The third-order valence-electron chi connectivity index (χ3n) is 2.52. The van der Waals surface area contributed by atoms with Crippen LogP contribution in [0.4, 0.5) is 0 Å². The van der Waals surface area contributed by atoms with Crippen LogP contribution in [0.1, 0.15) is 36.8 Å². The van der Waals surface area contributed by atoms with Crippen molar-refractivity contribution in [2.75, 3.05) is 0 Å². The molecule has 0 fully saturated rings. The van der Waals surface area contributed by atoms with Crippen molar-refractivity contribution < 1.29 is 4.79 Å². The normalized spacial score (nSPS) is 11.1. The van der Waals surface area contributed by atoms with E-state index in [2.05, 4.69) is 10.3 Å². The molecule has 2 aromatic rings. The highest BCUT2D eigenvalue weighted by Crippen LogP contribution is 2.10. The van der Waals surface area contributed by atoms with Gasteiger partial charge in [-0.25, -0.2) is 4.98 Å². The first-order chi connectivity index (χ1) is 8.54. The van der Waals surface area contributed by atoms with E-state index >= 15 is 0 Å². The van der Waals surface area contributed by atoms with Crippen LogP contribution in [0.25, 0.3) is 4.96 Å². The van der Waals surface area contributed by atoms with Crippen LogP contribution in [0.5, 0.6) is 0 Å². The van der Waals surface area contributed by atoms with Crippen LogP contribution < -0.4 is 10.9 Å². The highest BCUT2D eigenvalue weighted by atomic mass is 32.1.